The van der Waals surface area contributed by atoms with Gasteiger partial charge in [-0.1, -0.05) is 15.9 Å². The Kier molecular flexibility index (Phi) is 6.33. The second-order valence-electron chi connectivity index (χ2n) is 5.49. The minimum atomic E-state index is -2.03. The Morgan fingerprint density at radius 1 is 1.00 bits per heavy atom. The van der Waals surface area contributed by atoms with E-state index in [4.69, 9.17) is 24.4 Å². The first-order valence-electron chi connectivity index (χ1n) is 6.96. The summed E-state index contributed by atoms with van der Waals surface area (Å²) in [7, 11) is 0. The summed E-state index contributed by atoms with van der Waals surface area (Å²) in [6, 6.07) is 0. The third kappa shape index (κ3) is 3.40. The Bertz CT molecular complexity index is 403. The summed E-state index contributed by atoms with van der Waals surface area (Å²) in [6.07, 6.45) is -13.0. The van der Waals surface area contributed by atoms with Gasteiger partial charge in [-0.2, -0.15) is 0 Å². The highest BCUT2D eigenvalue weighted by Gasteiger charge is 2.58. The number of rotatable bonds is 5. The van der Waals surface area contributed by atoms with E-state index in [1.54, 1.807) is 0 Å². The molecule has 0 spiro atoms. The Hall–Kier alpha value is 0.0500. The lowest BCUT2D eigenvalue weighted by atomic mass is 10.00. The molecule has 2 aliphatic rings. The fourth-order valence-corrected chi connectivity index (χ4v) is 3.17. The van der Waals surface area contributed by atoms with E-state index >= 15 is 0 Å². The van der Waals surface area contributed by atoms with E-state index in [1.165, 1.54) is 0 Å². The first-order valence-corrected chi connectivity index (χ1v) is 8.08. The number of ether oxygens (including phenoxy) is 3. The molecule has 2 heterocycles. The van der Waals surface area contributed by atoms with Gasteiger partial charge in [-0.25, -0.2) is 4.39 Å². The van der Waals surface area contributed by atoms with Crippen LogP contribution in [-0.2, 0) is 14.2 Å². The molecule has 2 saturated heterocycles. The molecule has 0 aromatic rings. The minimum Gasteiger partial charge on any atom is -0.394 e. The second kappa shape index (κ2) is 7.52. The van der Waals surface area contributed by atoms with Crippen LogP contribution in [0, 0.1) is 0 Å². The van der Waals surface area contributed by atoms with Gasteiger partial charge in [0.2, 0.25) is 5.79 Å². The van der Waals surface area contributed by atoms with E-state index in [9.17, 15) is 24.8 Å². The molecule has 9 nitrogen and oxygen atoms in total. The fourth-order valence-electron chi connectivity index (χ4n) is 2.58. The topological polar surface area (TPSA) is 149 Å². The summed E-state index contributed by atoms with van der Waals surface area (Å²) >= 11 is 3.04. The molecule has 2 aliphatic heterocycles. The van der Waals surface area contributed by atoms with Crippen LogP contribution in [0.4, 0.5) is 4.39 Å². The summed E-state index contributed by atoms with van der Waals surface area (Å²) in [4.78, 5) is 0. The van der Waals surface area contributed by atoms with Crippen molar-refractivity contribution in [2.24, 2.45) is 0 Å². The lowest BCUT2D eigenvalue weighted by Crippen LogP contribution is -2.61. The van der Waals surface area contributed by atoms with Gasteiger partial charge in [0.15, 0.2) is 12.5 Å². The van der Waals surface area contributed by atoms with Crippen molar-refractivity contribution < 1.29 is 49.2 Å². The molecule has 11 heteroatoms. The molecule has 6 N–H and O–H groups in total. The van der Waals surface area contributed by atoms with Crippen LogP contribution >= 0.6 is 15.9 Å². The van der Waals surface area contributed by atoms with E-state index in [1.807, 2.05) is 0 Å². The molecule has 2 fully saturated rings. The highest BCUT2D eigenvalue weighted by Crippen LogP contribution is 2.37. The lowest BCUT2D eigenvalue weighted by Gasteiger charge is -2.42. The molecule has 0 radical (unpaired) electrons. The molecule has 0 amide bonds. The molecule has 0 unspecified atom stereocenters. The van der Waals surface area contributed by atoms with E-state index in [2.05, 4.69) is 15.9 Å². The zero-order chi connectivity index (χ0) is 17.4. The third-order valence-electron chi connectivity index (χ3n) is 3.99. The van der Waals surface area contributed by atoms with E-state index < -0.39 is 68.1 Å². The Balaban J connectivity index is 2.18. The zero-order valence-corrected chi connectivity index (χ0v) is 13.5. The largest absolute Gasteiger partial charge is 0.394 e. The van der Waals surface area contributed by atoms with Crippen molar-refractivity contribution in [2.75, 3.05) is 18.5 Å². The van der Waals surface area contributed by atoms with Gasteiger partial charge in [-0.05, 0) is 0 Å². The van der Waals surface area contributed by atoms with Crippen LogP contribution in [0.5, 0.6) is 0 Å². The predicted octanol–water partition coefficient (Wildman–Crippen LogP) is -3.02. The van der Waals surface area contributed by atoms with Crippen LogP contribution in [0.3, 0.4) is 0 Å². The third-order valence-corrected chi connectivity index (χ3v) is 4.77. The van der Waals surface area contributed by atoms with Crippen molar-refractivity contribution in [3.63, 3.8) is 0 Å². The number of hydrogen-bond acceptors (Lipinski definition) is 9. The Morgan fingerprint density at radius 2 is 1.61 bits per heavy atom. The summed E-state index contributed by atoms with van der Waals surface area (Å²) in [5.74, 6) is -1.90. The van der Waals surface area contributed by atoms with E-state index in [0.717, 1.165) is 0 Å². The summed E-state index contributed by atoms with van der Waals surface area (Å²) in [5.41, 5.74) is 0. The van der Waals surface area contributed by atoms with Gasteiger partial charge < -0.3 is 44.8 Å². The van der Waals surface area contributed by atoms with Gasteiger partial charge >= 0.3 is 0 Å². The molecule has 9 atom stereocenters. The van der Waals surface area contributed by atoms with Gasteiger partial charge in [-0.3, -0.25) is 0 Å². The van der Waals surface area contributed by atoms with E-state index in [-0.39, 0.29) is 5.33 Å². The normalized spacial score (nSPS) is 51.1. The summed E-state index contributed by atoms with van der Waals surface area (Å²) in [6.45, 7) is -1.36. The highest BCUT2D eigenvalue weighted by molar-refractivity contribution is 9.09. The first-order chi connectivity index (χ1) is 10.8. The molecule has 0 aromatic carbocycles. The molecule has 0 aromatic heterocycles. The molecule has 136 valence electrons. The Morgan fingerprint density at radius 3 is 2.09 bits per heavy atom. The van der Waals surface area contributed by atoms with Gasteiger partial charge in [0, 0.05) is 0 Å². The van der Waals surface area contributed by atoms with Crippen LogP contribution in [0.25, 0.3) is 0 Å². The maximum Gasteiger partial charge on any atom is 0.210 e. The average molecular weight is 407 g/mol. The first kappa shape index (κ1) is 19.4. The number of aliphatic hydroxyl groups is 6. The van der Waals surface area contributed by atoms with Crippen molar-refractivity contribution in [2.45, 2.75) is 54.9 Å². The molecule has 2 rings (SSSR count). The van der Waals surface area contributed by atoms with Crippen LogP contribution in [0.2, 0.25) is 0 Å². The van der Waals surface area contributed by atoms with Crippen molar-refractivity contribution >= 4 is 15.9 Å². The zero-order valence-electron chi connectivity index (χ0n) is 11.9. The van der Waals surface area contributed by atoms with Crippen molar-refractivity contribution in [1.82, 2.24) is 0 Å². The molecular weight excluding hydrogens is 387 g/mol. The second-order valence-corrected chi connectivity index (χ2v) is 6.05. The van der Waals surface area contributed by atoms with Gasteiger partial charge in [0.05, 0.1) is 18.5 Å². The Labute approximate surface area is 139 Å². The van der Waals surface area contributed by atoms with Crippen molar-refractivity contribution in [3.8, 4) is 0 Å². The minimum absolute atomic E-state index is 0.180. The lowest BCUT2D eigenvalue weighted by molar-refractivity contribution is -0.367. The number of aliphatic hydroxyl groups excluding tert-OH is 6. The SMILES string of the molecule is OC[C@H]1O[C@@](CBr)(O[C@H]2O[C@H](CO)[C@@H](F)[C@H](O)[C@H]2O)[C@@H](O)[C@@H]1O. The summed E-state index contributed by atoms with van der Waals surface area (Å²) in [5, 5.41) is 57.5. The average Bonchev–Trinajstić information content (AvgIpc) is 2.80. The van der Waals surface area contributed by atoms with Crippen LogP contribution in [0.1, 0.15) is 0 Å². The maximum absolute atomic E-state index is 13.7. The van der Waals surface area contributed by atoms with Crippen molar-refractivity contribution in [3.05, 3.63) is 0 Å². The number of hydrogen-bond donors (Lipinski definition) is 6. The molecule has 23 heavy (non-hydrogen) atoms. The van der Waals surface area contributed by atoms with Crippen LogP contribution < -0.4 is 0 Å². The molecular formula is C12H20BrFO9. The van der Waals surface area contributed by atoms with Crippen molar-refractivity contribution in [1.29, 1.82) is 0 Å². The number of alkyl halides is 2. The van der Waals surface area contributed by atoms with Gasteiger partial charge in [0.1, 0.15) is 36.6 Å². The standard InChI is InChI=1S/C12H20BrFO9/c13-3-12(10(20)7(17)5(2-16)22-12)23-11-9(19)8(18)6(14)4(1-15)21-11/h4-11,15-20H,1-3H2/t4-,5-,6-,7-,8+,9-,10+,11-,12+/m1/s1. The highest BCUT2D eigenvalue weighted by atomic mass is 79.9. The van der Waals surface area contributed by atoms with Crippen LogP contribution in [-0.4, -0.2) is 104 Å². The molecule has 0 saturated carbocycles. The molecule has 0 aliphatic carbocycles. The van der Waals surface area contributed by atoms with Gasteiger partial charge in [0.25, 0.3) is 0 Å². The maximum atomic E-state index is 13.7. The van der Waals surface area contributed by atoms with Gasteiger partial charge in [-0.15, -0.1) is 0 Å². The number of halogens is 2. The van der Waals surface area contributed by atoms with E-state index in [0.29, 0.717) is 0 Å². The van der Waals surface area contributed by atoms with Crippen LogP contribution in [0.15, 0.2) is 0 Å². The molecule has 0 bridgehead atoms. The predicted molar refractivity (Wildman–Crippen MR) is 74.2 cm³/mol. The quantitative estimate of drug-likeness (QED) is 0.262. The smallest absolute Gasteiger partial charge is 0.210 e. The monoisotopic (exact) mass is 406 g/mol. The fraction of sp³-hybridized carbons (Fsp3) is 1.00. The summed E-state index contributed by atoms with van der Waals surface area (Å²) < 4.78 is 29.4.